The molecule has 0 amide bonds. The molecule has 5 nitrogen and oxygen atoms in total. The SMILES string of the molecule is O=C(CCNS(=O)(=O)c1cccc(C(F)(F)F)c1)OCc1c(Cl)cccc1Cl. The normalized spacial score (nSPS) is 12.0. The van der Waals surface area contributed by atoms with E-state index in [4.69, 9.17) is 27.9 Å². The Kier molecular flexibility index (Phi) is 7.33. The fourth-order valence-corrected chi connectivity index (χ4v) is 3.69. The average Bonchev–Trinajstić information content (AvgIpc) is 2.60. The van der Waals surface area contributed by atoms with Gasteiger partial charge in [0.25, 0.3) is 0 Å². The zero-order valence-electron chi connectivity index (χ0n) is 14.1. The number of hydrogen-bond acceptors (Lipinski definition) is 4. The first kappa shape index (κ1) is 22.5. The number of esters is 1. The maximum atomic E-state index is 12.7. The Morgan fingerprint density at radius 2 is 1.68 bits per heavy atom. The van der Waals surface area contributed by atoms with Gasteiger partial charge in [-0.3, -0.25) is 4.79 Å². The molecule has 28 heavy (non-hydrogen) atoms. The van der Waals surface area contributed by atoms with Gasteiger partial charge in [0, 0.05) is 22.2 Å². The largest absolute Gasteiger partial charge is 0.461 e. The molecule has 0 spiro atoms. The number of halogens is 5. The number of benzene rings is 2. The van der Waals surface area contributed by atoms with Crippen LogP contribution in [-0.4, -0.2) is 20.9 Å². The van der Waals surface area contributed by atoms with Crippen LogP contribution >= 0.6 is 23.2 Å². The number of sulfonamides is 1. The van der Waals surface area contributed by atoms with Gasteiger partial charge in [0.1, 0.15) is 6.61 Å². The van der Waals surface area contributed by atoms with Crippen molar-refractivity contribution in [3.8, 4) is 0 Å². The van der Waals surface area contributed by atoms with Crippen LogP contribution < -0.4 is 4.72 Å². The Hall–Kier alpha value is -1.81. The molecule has 0 saturated carbocycles. The lowest BCUT2D eigenvalue weighted by atomic mass is 10.2. The summed E-state index contributed by atoms with van der Waals surface area (Å²) < 4.78 is 69.3. The molecule has 0 heterocycles. The standard InChI is InChI=1S/C17H14Cl2F3NO4S/c18-14-5-2-6-15(19)13(14)10-27-16(24)7-8-23-28(25,26)12-4-1-3-11(9-12)17(20,21)22/h1-6,9,23H,7-8,10H2. The summed E-state index contributed by atoms with van der Waals surface area (Å²) in [6.45, 7) is -0.550. The summed E-state index contributed by atoms with van der Waals surface area (Å²) in [6, 6.07) is 8.04. The molecule has 11 heteroatoms. The first-order valence-electron chi connectivity index (χ1n) is 7.76. The Balaban J connectivity index is 1.91. The van der Waals surface area contributed by atoms with Crippen LogP contribution in [-0.2, 0) is 32.3 Å². The Morgan fingerprint density at radius 1 is 1.07 bits per heavy atom. The highest BCUT2D eigenvalue weighted by Crippen LogP contribution is 2.30. The van der Waals surface area contributed by atoms with Gasteiger partial charge >= 0.3 is 12.1 Å². The minimum atomic E-state index is -4.67. The summed E-state index contributed by atoms with van der Waals surface area (Å²) in [7, 11) is -4.22. The van der Waals surface area contributed by atoms with Crippen LogP contribution in [0.2, 0.25) is 10.0 Å². The van der Waals surface area contributed by atoms with Gasteiger partial charge in [-0.25, -0.2) is 13.1 Å². The van der Waals surface area contributed by atoms with Crippen LogP contribution in [0.4, 0.5) is 13.2 Å². The Labute approximate surface area is 169 Å². The lowest BCUT2D eigenvalue weighted by Gasteiger charge is -2.11. The first-order valence-corrected chi connectivity index (χ1v) is 10.00. The molecule has 0 saturated heterocycles. The van der Waals surface area contributed by atoms with Gasteiger partial charge in [0.2, 0.25) is 10.0 Å². The molecule has 0 atom stereocenters. The van der Waals surface area contributed by atoms with Crippen LogP contribution in [0.5, 0.6) is 0 Å². The van der Waals surface area contributed by atoms with E-state index < -0.39 is 32.6 Å². The van der Waals surface area contributed by atoms with Crippen molar-refractivity contribution in [2.75, 3.05) is 6.54 Å². The van der Waals surface area contributed by atoms with E-state index in [1.165, 1.54) is 0 Å². The fraction of sp³-hybridized carbons (Fsp3) is 0.235. The van der Waals surface area contributed by atoms with Crippen LogP contribution in [0, 0.1) is 0 Å². The molecule has 2 rings (SSSR count). The lowest BCUT2D eigenvalue weighted by molar-refractivity contribution is -0.144. The topological polar surface area (TPSA) is 72.5 Å². The quantitative estimate of drug-likeness (QED) is 0.627. The van der Waals surface area contributed by atoms with Gasteiger partial charge in [0.05, 0.1) is 16.9 Å². The lowest BCUT2D eigenvalue weighted by Crippen LogP contribution is -2.27. The minimum absolute atomic E-state index is 0.197. The molecule has 0 fully saturated rings. The second kappa shape index (κ2) is 9.13. The van der Waals surface area contributed by atoms with Crippen LogP contribution in [0.25, 0.3) is 0 Å². The van der Waals surface area contributed by atoms with E-state index in [2.05, 4.69) is 4.72 Å². The van der Waals surface area contributed by atoms with Gasteiger partial charge < -0.3 is 4.74 Å². The van der Waals surface area contributed by atoms with Crippen LogP contribution in [0.1, 0.15) is 17.5 Å². The number of carbonyl (C=O) groups excluding carboxylic acids is 1. The molecular weight excluding hydrogens is 442 g/mol. The second-order valence-electron chi connectivity index (χ2n) is 5.53. The zero-order chi connectivity index (χ0) is 20.9. The third-order valence-electron chi connectivity index (χ3n) is 3.53. The number of nitrogens with one attached hydrogen (secondary N) is 1. The first-order chi connectivity index (χ1) is 13.0. The molecule has 2 aromatic carbocycles. The van der Waals surface area contributed by atoms with E-state index in [9.17, 15) is 26.4 Å². The number of rotatable bonds is 7. The van der Waals surface area contributed by atoms with E-state index in [1.54, 1.807) is 18.2 Å². The van der Waals surface area contributed by atoms with E-state index in [-0.39, 0.29) is 19.6 Å². The molecule has 152 valence electrons. The molecular formula is C17H14Cl2F3NO4S. The van der Waals surface area contributed by atoms with Crippen molar-refractivity contribution >= 4 is 39.2 Å². The van der Waals surface area contributed by atoms with Crippen LogP contribution in [0.3, 0.4) is 0 Å². The van der Waals surface area contributed by atoms with Crippen molar-refractivity contribution in [1.29, 1.82) is 0 Å². The number of hydrogen-bond donors (Lipinski definition) is 1. The summed E-state index contributed by atoms with van der Waals surface area (Å²) in [6.07, 6.45) is -5.00. The Bertz CT molecular complexity index is 945. The van der Waals surface area contributed by atoms with Gasteiger partial charge in [-0.1, -0.05) is 35.3 Å². The van der Waals surface area contributed by atoms with E-state index in [0.29, 0.717) is 21.7 Å². The van der Waals surface area contributed by atoms with Crippen molar-refractivity contribution in [2.45, 2.75) is 24.1 Å². The van der Waals surface area contributed by atoms with Gasteiger partial charge in [-0.15, -0.1) is 0 Å². The third-order valence-corrected chi connectivity index (χ3v) is 5.70. The van der Waals surface area contributed by atoms with Crippen molar-refractivity contribution in [2.24, 2.45) is 0 Å². The van der Waals surface area contributed by atoms with Crippen molar-refractivity contribution in [3.63, 3.8) is 0 Å². The number of carbonyl (C=O) groups is 1. The predicted molar refractivity (Wildman–Crippen MR) is 97.5 cm³/mol. The molecule has 2 aromatic rings. The maximum absolute atomic E-state index is 12.7. The summed E-state index contributed by atoms with van der Waals surface area (Å²) in [5.74, 6) is -0.734. The predicted octanol–water partition coefficient (Wildman–Crippen LogP) is 4.42. The summed E-state index contributed by atoms with van der Waals surface area (Å²) in [4.78, 5) is 11.2. The monoisotopic (exact) mass is 455 g/mol. The number of ether oxygens (including phenoxy) is 1. The van der Waals surface area contributed by atoms with E-state index in [0.717, 1.165) is 18.2 Å². The molecule has 0 unspecified atom stereocenters. The molecule has 0 aromatic heterocycles. The van der Waals surface area contributed by atoms with E-state index >= 15 is 0 Å². The average molecular weight is 456 g/mol. The fourth-order valence-electron chi connectivity index (χ4n) is 2.11. The third kappa shape index (κ3) is 6.10. The van der Waals surface area contributed by atoms with E-state index in [1.807, 2.05) is 0 Å². The molecule has 0 aliphatic carbocycles. The van der Waals surface area contributed by atoms with Crippen LogP contribution in [0.15, 0.2) is 47.4 Å². The van der Waals surface area contributed by atoms with Gasteiger partial charge in [0.15, 0.2) is 0 Å². The van der Waals surface area contributed by atoms with Crippen molar-refractivity contribution < 1.29 is 31.1 Å². The Morgan fingerprint density at radius 3 is 2.29 bits per heavy atom. The number of alkyl halides is 3. The maximum Gasteiger partial charge on any atom is 0.416 e. The van der Waals surface area contributed by atoms with Crippen molar-refractivity contribution in [3.05, 3.63) is 63.6 Å². The van der Waals surface area contributed by atoms with Gasteiger partial charge in [-0.2, -0.15) is 13.2 Å². The summed E-state index contributed by atoms with van der Waals surface area (Å²) in [5.41, 5.74) is -0.685. The van der Waals surface area contributed by atoms with Gasteiger partial charge in [-0.05, 0) is 30.3 Å². The summed E-state index contributed by atoms with van der Waals surface area (Å²) in [5, 5.41) is 0.621. The minimum Gasteiger partial charge on any atom is -0.461 e. The van der Waals surface area contributed by atoms with Crippen molar-refractivity contribution in [1.82, 2.24) is 4.72 Å². The highest BCUT2D eigenvalue weighted by molar-refractivity contribution is 7.89. The molecule has 0 radical (unpaired) electrons. The highest BCUT2D eigenvalue weighted by atomic mass is 35.5. The smallest absolute Gasteiger partial charge is 0.416 e. The molecule has 0 bridgehead atoms. The molecule has 0 aliphatic rings. The molecule has 1 N–H and O–H groups in total. The molecule has 0 aliphatic heterocycles. The highest BCUT2D eigenvalue weighted by Gasteiger charge is 2.31. The summed E-state index contributed by atoms with van der Waals surface area (Å²) >= 11 is 11.9. The zero-order valence-corrected chi connectivity index (χ0v) is 16.4. The second-order valence-corrected chi connectivity index (χ2v) is 8.12.